The Morgan fingerprint density at radius 3 is 2.90 bits per heavy atom. The lowest BCUT2D eigenvalue weighted by Crippen LogP contribution is -2.76. The van der Waals surface area contributed by atoms with Crippen LogP contribution in [-0.4, -0.2) is 69.6 Å². The Hall–Kier alpha value is -2.07. The zero-order valence-electron chi connectivity index (χ0n) is 11.6. The number of nitrogens with one attached hydrogen (secondary N) is 2. The lowest BCUT2D eigenvalue weighted by Gasteiger charge is -2.48. The van der Waals surface area contributed by atoms with Gasteiger partial charge in [0, 0.05) is 26.4 Å². The van der Waals surface area contributed by atoms with Crippen LogP contribution in [0.25, 0.3) is 0 Å². The molecule has 1 spiro atoms. The minimum Gasteiger partial charge on any atom is -0.370 e. The number of aliphatic hydroxyl groups is 2. The predicted octanol–water partition coefficient (Wildman–Crippen LogP) is -3.81. The smallest absolute Gasteiger partial charge is 0.216 e. The van der Waals surface area contributed by atoms with Gasteiger partial charge in [0.15, 0.2) is 17.6 Å². The van der Waals surface area contributed by atoms with Gasteiger partial charge in [-0.25, -0.2) is 9.98 Å². The van der Waals surface area contributed by atoms with Crippen molar-refractivity contribution >= 4 is 17.8 Å². The second kappa shape index (κ2) is 4.21. The first-order valence-electron chi connectivity index (χ1n) is 6.69. The second-order valence-electron chi connectivity index (χ2n) is 5.56. The average molecular weight is 297 g/mol. The molecule has 0 aliphatic carbocycles. The third-order valence-corrected chi connectivity index (χ3v) is 4.24. The molecule has 21 heavy (non-hydrogen) atoms. The summed E-state index contributed by atoms with van der Waals surface area (Å²) in [4.78, 5) is 21.2. The Bertz CT molecular complexity index is 546. The van der Waals surface area contributed by atoms with Crippen LogP contribution in [0.15, 0.2) is 9.98 Å². The summed E-state index contributed by atoms with van der Waals surface area (Å²) in [5.41, 5.74) is 10.3. The molecule has 3 aliphatic rings. The average Bonchev–Trinajstić information content (AvgIpc) is 2.85. The summed E-state index contributed by atoms with van der Waals surface area (Å²) in [6.45, 7) is 1.90. The van der Waals surface area contributed by atoms with E-state index in [9.17, 15) is 15.0 Å². The number of hydrogen-bond acceptors (Lipinski definition) is 9. The van der Waals surface area contributed by atoms with E-state index in [4.69, 9.17) is 11.5 Å². The third kappa shape index (κ3) is 1.75. The number of rotatable bonds is 2. The molecule has 0 unspecified atom stereocenters. The number of nitrogens with zero attached hydrogens (tertiary/aromatic N) is 3. The summed E-state index contributed by atoms with van der Waals surface area (Å²) in [6.07, 6.45) is 0.0857. The molecule has 1 fully saturated rings. The van der Waals surface area contributed by atoms with Gasteiger partial charge in [0.2, 0.25) is 11.7 Å². The number of carbonyl (C=O) groups excluding carboxylic acids is 1. The van der Waals surface area contributed by atoms with Crippen molar-refractivity contribution < 1.29 is 15.0 Å². The van der Waals surface area contributed by atoms with Gasteiger partial charge in [0.1, 0.15) is 6.04 Å². The van der Waals surface area contributed by atoms with Crippen LogP contribution in [0.1, 0.15) is 13.3 Å². The fourth-order valence-corrected chi connectivity index (χ4v) is 3.34. The summed E-state index contributed by atoms with van der Waals surface area (Å²) in [7, 11) is 0. The summed E-state index contributed by atoms with van der Waals surface area (Å²) in [6, 6.07) is -1.19. The Morgan fingerprint density at radius 2 is 2.24 bits per heavy atom. The van der Waals surface area contributed by atoms with Crippen molar-refractivity contribution in [1.29, 1.82) is 0 Å². The van der Waals surface area contributed by atoms with Crippen molar-refractivity contribution in [2.24, 2.45) is 21.5 Å². The predicted molar refractivity (Wildman–Crippen MR) is 73.9 cm³/mol. The molecule has 10 heteroatoms. The second-order valence-corrected chi connectivity index (χ2v) is 5.56. The topological polar surface area (TPSA) is 162 Å². The van der Waals surface area contributed by atoms with Gasteiger partial charge in [-0.05, 0) is 0 Å². The van der Waals surface area contributed by atoms with Gasteiger partial charge in [-0.2, -0.15) is 0 Å². The molecule has 0 radical (unpaired) electrons. The van der Waals surface area contributed by atoms with Crippen LogP contribution in [0, 0.1) is 0 Å². The fraction of sp³-hybridized carbons (Fsp3) is 0.727. The van der Waals surface area contributed by atoms with Gasteiger partial charge in [-0.3, -0.25) is 4.79 Å². The van der Waals surface area contributed by atoms with Crippen LogP contribution in [0.3, 0.4) is 0 Å². The number of hydrogen-bond donors (Lipinski definition) is 6. The van der Waals surface area contributed by atoms with E-state index in [-0.39, 0.29) is 30.8 Å². The van der Waals surface area contributed by atoms with E-state index in [1.54, 1.807) is 4.90 Å². The highest BCUT2D eigenvalue weighted by atomic mass is 16.5. The van der Waals surface area contributed by atoms with E-state index >= 15 is 0 Å². The van der Waals surface area contributed by atoms with E-state index in [0.717, 1.165) is 0 Å². The standard InChI is InChI=1S/C11H19N7O3/c1-5(19)14-4-6-7-11(17-8(12)16-7)10(20,21)2-3-18(11)9(13)15-6/h6-7,20-21H,2-4H2,1H3,(H2,13,15)(H,14,19)(H3,12,16,17)/t6-,7+,11+/m1/s1. The molecule has 0 aromatic carbocycles. The molecule has 1 saturated heterocycles. The molecule has 0 aromatic heterocycles. The maximum absolute atomic E-state index is 11.1. The number of amides is 1. The molecule has 8 N–H and O–H groups in total. The molecule has 3 aliphatic heterocycles. The Morgan fingerprint density at radius 1 is 1.52 bits per heavy atom. The fourth-order valence-electron chi connectivity index (χ4n) is 3.34. The van der Waals surface area contributed by atoms with Crippen molar-refractivity contribution in [1.82, 2.24) is 15.5 Å². The normalized spacial score (nSPS) is 36.2. The number of guanidine groups is 2. The Balaban J connectivity index is 2.01. The maximum Gasteiger partial charge on any atom is 0.216 e. The van der Waals surface area contributed by atoms with Gasteiger partial charge < -0.3 is 37.2 Å². The van der Waals surface area contributed by atoms with Crippen LogP contribution >= 0.6 is 0 Å². The van der Waals surface area contributed by atoms with Crippen molar-refractivity contribution in [3.05, 3.63) is 0 Å². The van der Waals surface area contributed by atoms with E-state index in [1.807, 2.05) is 0 Å². The monoisotopic (exact) mass is 297 g/mol. The zero-order chi connectivity index (χ0) is 15.4. The molecule has 0 saturated carbocycles. The van der Waals surface area contributed by atoms with E-state index in [1.165, 1.54) is 6.92 Å². The largest absolute Gasteiger partial charge is 0.370 e. The van der Waals surface area contributed by atoms with E-state index in [0.29, 0.717) is 6.54 Å². The molecule has 10 nitrogen and oxygen atoms in total. The third-order valence-electron chi connectivity index (χ3n) is 4.24. The molecule has 1 amide bonds. The highest BCUT2D eigenvalue weighted by molar-refractivity contribution is 5.87. The Kier molecular flexibility index (Phi) is 2.79. The number of carbonyl (C=O) groups is 1. The molecular formula is C11H19N7O3. The highest BCUT2D eigenvalue weighted by Crippen LogP contribution is 2.44. The van der Waals surface area contributed by atoms with Crippen LogP contribution in [-0.2, 0) is 4.79 Å². The number of nitrogens with two attached hydrogens (primary N) is 2. The van der Waals surface area contributed by atoms with Crippen LogP contribution in [0.4, 0.5) is 0 Å². The summed E-state index contributed by atoms with van der Waals surface area (Å²) in [5, 5.41) is 26.3. The highest BCUT2D eigenvalue weighted by Gasteiger charge is 2.69. The van der Waals surface area contributed by atoms with Crippen LogP contribution in [0.5, 0.6) is 0 Å². The minimum absolute atomic E-state index is 0.0857. The molecule has 3 heterocycles. The van der Waals surface area contributed by atoms with Crippen LogP contribution < -0.4 is 22.1 Å². The lowest BCUT2D eigenvalue weighted by molar-refractivity contribution is -0.220. The van der Waals surface area contributed by atoms with Gasteiger partial charge >= 0.3 is 0 Å². The van der Waals surface area contributed by atoms with Gasteiger partial charge in [-0.15, -0.1) is 0 Å². The molecule has 0 aromatic rings. The lowest BCUT2D eigenvalue weighted by atomic mass is 9.86. The molecule has 0 bridgehead atoms. The molecule has 3 atom stereocenters. The Labute approximate surface area is 120 Å². The van der Waals surface area contributed by atoms with Crippen molar-refractivity contribution in [2.75, 3.05) is 13.1 Å². The maximum atomic E-state index is 11.1. The zero-order valence-corrected chi connectivity index (χ0v) is 11.6. The van der Waals surface area contributed by atoms with Crippen molar-refractivity contribution in [2.45, 2.75) is 36.9 Å². The number of aliphatic imine (C=N–C) groups is 2. The molecule has 3 rings (SSSR count). The van der Waals surface area contributed by atoms with Crippen molar-refractivity contribution in [3.8, 4) is 0 Å². The van der Waals surface area contributed by atoms with Gasteiger partial charge in [0.25, 0.3) is 0 Å². The van der Waals surface area contributed by atoms with Crippen molar-refractivity contribution in [3.63, 3.8) is 0 Å². The van der Waals surface area contributed by atoms with Gasteiger partial charge in [-0.1, -0.05) is 0 Å². The van der Waals surface area contributed by atoms with Crippen LogP contribution in [0.2, 0.25) is 0 Å². The van der Waals surface area contributed by atoms with E-state index < -0.39 is 23.5 Å². The minimum atomic E-state index is -2.06. The SMILES string of the molecule is CC(=O)NC[C@H]1N=C(N)N2CCC(O)(O)[C@@]23NC(N)=N[C@@H]13. The first-order valence-corrected chi connectivity index (χ1v) is 6.69. The first kappa shape index (κ1) is 13.9. The van der Waals surface area contributed by atoms with Gasteiger partial charge in [0.05, 0.1) is 6.04 Å². The molecule has 116 valence electrons. The quantitative estimate of drug-likeness (QED) is 0.285. The molecular weight excluding hydrogens is 278 g/mol. The summed E-state index contributed by atoms with van der Waals surface area (Å²) in [5.74, 6) is -2.01. The van der Waals surface area contributed by atoms with E-state index in [2.05, 4.69) is 20.6 Å². The summed E-state index contributed by atoms with van der Waals surface area (Å²) < 4.78 is 0. The first-order chi connectivity index (χ1) is 9.78. The summed E-state index contributed by atoms with van der Waals surface area (Å²) >= 11 is 0.